The van der Waals surface area contributed by atoms with Gasteiger partial charge in [-0.15, -0.1) is 0 Å². The summed E-state index contributed by atoms with van der Waals surface area (Å²) < 4.78 is 5.87. The van der Waals surface area contributed by atoms with Gasteiger partial charge in [0, 0.05) is 6.04 Å². The summed E-state index contributed by atoms with van der Waals surface area (Å²) in [5.74, 6) is 1.18. The van der Waals surface area contributed by atoms with Gasteiger partial charge in [0.1, 0.15) is 6.10 Å². The van der Waals surface area contributed by atoms with Gasteiger partial charge < -0.3 is 9.64 Å². The summed E-state index contributed by atoms with van der Waals surface area (Å²) in [4.78, 5) is 15.1. The lowest BCUT2D eigenvalue weighted by Crippen LogP contribution is -2.38. The van der Waals surface area contributed by atoms with Crippen LogP contribution < -0.4 is 0 Å². The summed E-state index contributed by atoms with van der Waals surface area (Å²) in [6.45, 7) is 4.83. The Bertz CT molecular complexity index is 362. The summed E-state index contributed by atoms with van der Waals surface area (Å²) in [6, 6.07) is 0.742. The first kappa shape index (κ1) is 17.3. The van der Waals surface area contributed by atoms with Crippen LogP contribution in [0.3, 0.4) is 0 Å². The van der Waals surface area contributed by atoms with Crippen LogP contribution in [0.25, 0.3) is 0 Å². The van der Waals surface area contributed by atoms with E-state index in [4.69, 9.17) is 4.74 Å². The van der Waals surface area contributed by atoms with E-state index >= 15 is 0 Å². The van der Waals surface area contributed by atoms with Gasteiger partial charge in [0.05, 0.1) is 5.92 Å². The van der Waals surface area contributed by atoms with Crippen LogP contribution in [0.4, 0.5) is 0 Å². The molecule has 2 aliphatic carbocycles. The van der Waals surface area contributed by atoms with E-state index in [-0.39, 0.29) is 18.0 Å². The minimum atomic E-state index is 0.115. The van der Waals surface area contributed by atoms with Crippen molar-refractivity contribution < 1.29 is 9.53 Å². The largest absolute Gasteiger partial charge is 0.462 e. The molecule has 1 aliphatic heterocycles. The molecule has 2 saturated carbocycles. The number of carbonyl (C=O) groups is 1. The van der Waals surface area contributed by atoms with Crippen molar-refractivity contribution in [2.75, 3.05) is 13.1 Å². The molecule has 3 fully saturated rings. The minimum absolute atomic E-state index is 0.115. The third-order valence-electron chi connectivity index (χ3n) is 6.46. The third kappa shape index (κ3) is 4.71. The highest BCUT2D eigenvalue weighted by Gasteiger charge is 2.33. The quantitative estimate of drug-likeness (QED) is 0.696. The maximum absolute atomic E-state index is 12.5. The minimum Gasteiger partial charge on any atom is -0.462 e. The molecular formula is C20H35NO2. The molecule has 0 aromatic carbocycles. The van der Waals surface area contributed by atoms with E-state index in [1.165, 1.54) is 64.5 Å². The summed E-state index contributed by atoms with van der Waals surface area (Å²) >= 11 is 0. The Balaban J connectivity index is 1.36. The van der Waals surface area contributed by atoms with Crippen LogP contribution in [0.15, 0.2) is 0 Å². The van der Waals surface area contributed by atoms with Crippen LogP contribution in [0, 0.1) is 11.8 Å². The van der Waals surface area contributed by atoms with Gasteiger partial charge in [-0.25, -0.2) is 0 Å². The number of carbonyl (C=O) groups excluding carboxylic acids is 1. The molecule has 0 bridgehead atoms. The lowest BCUT2D eigenvalue weighted by molar-refractivity contribution is -0.157. The fourth-order valence-electron chi connectivity index (χ4n) is 4.99. The van der Waals surface area contributed by atoms with Crippen molar-refractivity contribution >= 4 is 5.97 Å². The Morgan fingerprint density at radius 3 is 2.22 bits per heavy atom. The summed E-state index contributed by atoms with van der Waals surface area (Å²) in [5, 5.41) is 0. The zero-order valence-corrected chi connectivity index (χ0v) is 15.0. The molecule has 1 saturated heterocycles. The normalized spacial score (nSPS) is 36.0. The van der Waals surface area contributed by atoms with Gasteiger partial charge in [-0.1, -0.05) is 19.8 Å². The molecule has 1 heterocycles. The van der Waals surface area contributed by atoms with Gasteiger partial charge in [-0.2, -0.15) is 0 Å². The van der Waals surface area contributed by atoms with Crippen LogP contribution in [-0.4, -0.2) is 36.1 Å². The predicted octanol–water partition coefficient (Wildman–Crippen LogP) is 4.54. The van der Waals surface area contributed by atoms with Gasteiger partial charge in [-0.05, 0) is 83.2 Å². The fourth-order valence-corrected chi connectivity index (χ4v) is 4.99. The molecule has 0 spiro atoms. The Hall–Kier alpha value is -0.570. The van der Waals surface area contributed by atoms with Crippen molar-refractivity contribution in [2.24, 2.45) is 11.8 Å². The van der Waals surface area contributed by atoms with Crippen molar-refractivity contribution in [1.29, 1.82) is 0 Å². The Morgan fingerprint density at radius 2 is 1.61 bits per heavy atom. The molecule has 3 heteroatoms. The maximum Gasteiger partial charge on any atom is 0.309 e. The molecule has 132 valence electrons. The lowest BCUT2D eigenvalue weighted by Gasteiger charge is -2.34. The van der Waals surface area contributed by atoms with Crippen LogP contribution in [0.5, 0.6) is 0 Å². The van der Waals surface area contributed by atoms with E-state index in [0.29, 0.717) is 0 Å². The molecule has 0 atom stereocenters. The zero-order valence-electron chi connectivity index (χ0n) is 15.0. The first-order valence-corrected chi connectivity index (χ1v) is 10.2. The molecule has 23 heavy (non-hydrogen) atoms. The van der Waals surface area contributed by atoms with Crippen molar-refractivity contribution in [3.63, 3.8) is 0 Å². The van der Waals surface area contributed by atoms with E-state index in [2.05, 4.69) is 11.8 Å². The van der Waals surface area contributed by atoms with Crippen LogP contribution in [0.2, 0.25) is 0 Å². The molecule has 3 rings (SSSR count). The highest BCUT2D eigenvalue weighted by atomic mass is 16.5. The van der Waals surface area contributed by atoms with Crippen LogP contribution in [-0.2, 0) is 9.53 Å². The molecule has 3 aliphatic rings. The number of rotatable bonds is 5. The van der Waals surface area contributed by atoms with E-state index in [0.717, 1.165) is 37.6 Å². The average Bonchev–Trinajstić information content (AvgIpc) is 3.11. The third-order valence-corrected chi connectivity index (χ3v) is 6.46. The molecular weight excluding hydrogens is 286 g/mol. The molecule has 0 radical (unpaired) electrons. The number of likely N-dealkylation sites (tertiary alicyclic amines) is 1. The molecule has 0 aromatic heterocycles. The number of ether oxygens (including phenoxy) is 1. The topological polar surface area (TPSA) is 29.5 Å². The van der Waals surface area contributed by atoms with Gasteiger partial charge in [-0.3, -0.25) is 4.79 Å². The monoisotopic (exact) mass is 321 g/mol. The Morgan fingerprint density at radius 1 is 0.957 bits per heavy atom. The number of hydrogen-bond donors (Lipinski definition) is 0. The SMILES string of the molecule is CCCC1CCC(OC(=O)C2CCC(N3CCCC3)CC2)CC1. The summed E-state index contributed by atoms with van der Waals surface area (Å²) in [5.41, 5.74) is 0. The summed E-state index contributed by atoms with van der Waals surface area (Å²) in [6.07, 6.45) is 14.8. The van der Waals surface area contributed by atoms with Gasteiger partial charge >= 0.3 is 5.97 Å². The number of esters is 1. The summed E-state index contributed by atoms with van der Waals surface area (Å²) in [7, 11) is 0. The van der Waals surface area contributed by atoms with Crippen molar-refractivity contribution in [3.8, 4) is 0 Å². The second-order valence-electron chi connectivity index (χ2n) is 8.12. The molecule has 0 N–H and O–H groups in total. The predicted molar refractivity (Wildman–Crippen MR) is 93.3 cm³/mol. The molecule has 0 aromatic rings. The smallest absolute Gasteiger partial charge is 0.309 e. The second kappa shape index (κ2) is 8.50. The number of nitrogens with zero attached hydrogens (tertiary/aromatic N) is 1. The first-order valence-electron chi connectivity index (χ1n) is 10.2. The van der Waals surface area contributed by atoms with Crippen LogP contribution >= 0.6 is 0 Å². The molecule has 0 amide bonds. The van der Waals surface area contributed by atoms with E-state index in [1.54, 1.807) is 0 Å². The number of hydrogen-bond acceptors (Lipinski definition) is 3. The fraction of sp³-hybridized carbons (Fsp3) is 0.950. The average molecular weight is 322 g/mol. The van der Waals surface area contributed by atoms with Crippen molar-refractivity contribution in [3.05, 3.63) is 0 Å². The molecule has 3 nitrogen and oxygen atoms in total. The second-order valence-corrected chi connectivity index (χ2v) is 8.12. The van der Waals surface area contributed by atoms with Gasteiger partial charge in [0.15, 0.2) is 0 Å². The molecule has 0 unspecified atom stereocenters. The Labute approximate surface area is 142 Å². The zero-order chi connectivity index (χ0) is 16.1. The maximum atomic E-state index is 12.5. The first-order chi connectivity index (χ1) is 11.3. The van der Waals surface area contributed by atoms with Crippen molar-refractivity contribution in [1.82, 2.24) is 4.90 Å². The highest BCUT2D eigenvalue weighted by molar-refractivity contribution is 5.72. The Kier molecular flexibility index (Phi) is 6.38. The van der Waals surface area contributed by atoms with Crippen LogP contribution in [0.1, 0.15) is 84.0 Å². The van der Waals surface area contributed by atoms with E-state index in [1.807, 2.05) is 0 Å². The lowest BCUT2D eigenvalue weighted by atomic mass is 9.84. The standard InChI is InChI=1S/C20H35NO2/c1-2-5-16-6-12-19(13-7-16)23-20(22)17-8-10-18(11-9-17)21-14-3-4-15-21/h16-19H,2-15H2,1H3. The van der Waals surface area contributed by atoms with E-state index in [9.17, 15) is 4.79 Å². The van der Waals surface area contributed by atoms with Crippen molar-refractivity contribution in [2.45, 2.75) is 96.1 Å². The van der Waals surface area contributed by atoms with Gasteiger partial charge in [0.2, 0.25) is 0 Å². The van der Waals surface area contributed by atoms with Gasteiger partial charge in [0.25, 0.3) is 0 Å². The highest BCUT2D eigenvalue weighted by Crippen LogP contribution is 2.33. The van der Waals surface area contributed by atoms with E-state index < -0.39 is 0 Å².